The molecule has 1 aromatic carbocycles. The van der Waals surface area contributed by atoms with Crippen LogP contribution in [0.15, 0.2) is 46.9 Å². The Morgan fingerprint density at radius 2 is 2.07 bits per heavy atom. The highest BCUT2D eigenvalue weighted by Crippen LogP contribution is 2.25. The van der Waals surface area contributed by atoms with E-state index in [1.807, 2.05) is 25.9 Å². The van der Waals surface area contributed by atoms with E-state index in [-0.39, 0.29) is 17.3 Å². The van der Waals surface area contributed by atoms with E-state index < -0.39 is 4.92 Å². The highest BCUT2D eigenvalue weighted by molar-refractivity contribution is 5.94. The Bertz CT molecular complexity index is 1010. The van der Waals surface area contributed by atoms with Crippen LogP contribution in [0.3, 0.4) is 0 Å². The van der Waals surface area contributed by atoms with Crippen molar-refractivity contribution >= 4 is 11.6 Å². The second-order valence-corrected chi connectivity index (χ2v) is 6.57. The lowest BCUT2D eigenvalue weighted by Crippen LogP contribution is -2.32. The van der Waals surface area contributed by atoms with E-state index >= 15 is 0 Å². The second-order valence-electron chi connectivity index (χ2n) is 6.57. The van der Waals surface area contributed by atoms with Gasteiger partial charge in [-0.3, -0.25) is 14.9 Å². The Morgan fingerprint density at radius 1 is 1.29 bits per heavy atom. The molecule has 9 heteroatoms. The van der Waals surface area contributed by atoms with Gasteiger partial charge >= 0.3 is 0 Å². The Kier molecular flexibility index (Phi) is 5.55. The van der Waals surface area contributed by atoms with E-state index in [0.717, 1.165) is 5.76 Å². The van der Waals surface area contributed by atoms with E-state index in [4.69, 9.17) is 4.42 Å². The number of likely N-dealkylation sites (N-methyl/N-ethyl adjacent to an activating group) is 1. The summed E-state index contributed by atoms with van der Waals surface area (Å²) >= 11 is 0. The summed E-state index contributed by atoms with van der Waals surface area (Å²) in [7, 11) is 3.83. The molecule has 0 radical (unpaired) electrons. The van der Waals surface area contributed by atoms with Crippen molar-refractivity contribution in [2.45, 2.75) is 6.92 Å². The Morgan fingerprint density at radius 3 is 2.71 bits per heavy atom. The van der Waals surface area contributed by atoms with Crippen molar-refractivity contribution < 1.29 is 14.1 Å². The van der Waals surface area contributed by atoms with Gasteiger partial charge < -0.3 is 14.6 Å². The van der Waals surface area contributed by atoms with Crippen LogP contribution in [0.2, 0.25) is 0 Å². The first-order valence-electron chi connectivity index (χ1n) is 8.70. The molecule has 0 aliphatic rings. The highest BCUT2D eigenvalue weighted by Gasteiger charge is 2.20. The molecule has 0 atom stereocenters. The zero-order chi connectivity index (χ0) is 20.3. The molecule has 146 valence electrons. The van der Waals surface area contributed by atoms with Gasteiger partial charge in [-0.2, -0.15) is 5.10 Å². The minimum absolute atomic E-state index is 0.0811. The summed E-state index contributed by atoms with van der Waals surface area (Å²) in [4.78, 5) is 25.3. The zero-order valence-corrected chi connectivity index (χ0v) is 15.9. The first kappa shape index (κ1) is 19.3. The number of hydrogen-bond acceptors (Lipinski definition) is 6. The summed E-state index contributed by atoms with van der Waals surface area (Å²) in [6.45, 7) is 2.96. The molecule has 0 unspecified atom stereocenters. The first-order valence-corrected chi connectivity index (χ1v) is 8.70. The van der Waals surface area contributed by atoms with Crippen molar-refractivity contribution in [3.8, 4) is 17.1 Å². The molecular formula is C19H21N5O4. The number of carbonyl (C=O) groups excluding carboxylic acids is 1. The summed E-state index contributed by atoms with van der Waals surface area (Å²) in [5.41, 5.74) is 1.07. The standard InChI is InChI=1S/C19H21N5O4/c1-13-7-8-18(28-13)16-12-17(19(25)20-9-10-22(2)3)23(21-16)14-5-4-6-15(11-14)24(26)27/h4-8,11-12H,9-10H2,1-3H3,(H,20,25). The maximum absolute atomic E-state index is 12.7. The predicted molar refractivity (Wildman–Crippen MR) is 104 cm³/mol. The molecule has 1 amide bonds. The molecule has 0 aliphatic carbocycles. The second kappa shape index (κ2) is 8.05. The third kappa shape index (κ3) is 4.26. The smallest absolute Gasteiger partial charge is 0.271 e. The van der Waals surface area contributed by atoms with Gasteiger partial charge in [0.2, 0.25) is 0 Å². The van der Waals surface area contributed by atoms with Gasteiger partial charge in [-0.05, 0) is 39.2 Å². The largest absolute Gasteiger partial charge is 0.460 e. The maximum Gasteiger partial charge on any atom is 0.271 e. The number of nitrogens with zero attached hydrogens (tertiary/aromatic N) is 4. The highest BCUT2D eigenvalue weighted by atomic mass is 16.6. The number of hydrogen-bond donors (Lipinski definition) is 1. The SMILES string of the molecule is Cc1ccc(-c2cc(C(=O)NCCN(C)C)n(-c3cccc([N+](=O)[O-])c3)n2)o1. The Labute approximate surface area is 161 Å². The molecule has 3 rings (SSSR count). The van der Waals surface area contributed by atoms with Crippen molar-refractivity contribution in [1.82, 2.24) is 20.0 Å². The lowest BCUT2D eigenvalue weighted by molar-refractivity contribution is -0.384. The summed E-state index contributed by atoms with van der Waals surface area (Å²) in [5.74, 6) is 0.913. The summed E-state index contributed by atoms with van der Waals surface area (Å²) in [6.07, 6.45) is 0. The Balaban J connectivity index is 2.01. The summed E-state index contributed by atoms with van der Waals surface area (Å²) in [5, 5.41) is 18.4. The van der Waals surface area contributed by atoms with Crippen molar-refractivity contribution in [2.24, 2.45) is 0 Å². The quantitative estimate of drug-likeness (QED) is 0.496. The average molecular weight is 383 g/mol. The van der Waals surface area contributed by atoms with Gasteiger partial charge in [0, 0.05) is 31.3 Å². The molecule has 0 fully saturated rings. The summed E-state index contributed by atoms with van der Waals surface area (Å²) in [6, 6.07) is 11.2. The first-order chi connectivity index (χ1) is 13.3. The molecule has 0 bridgehead atoms. The molecular weight excluding hydrogens is 362 g/mol. The topological polar surface area (TPSA) is 106 Å². The van der Waals surface area contributed by atoms with Gasteiger partial charge in [0.05, 0.1) is 10.6 Å². The number of nitro benzene ring substituents is 1. The number of amides is 1. The maximum atomic E-state index is 12.7. The van der Waals surface area contributed by atoms with Gasteiger partial charge in [0.1, 0.15) is 17.1 Å². The van der Waals surface area contributed by atoms with Crippen LogP contribution in [0.5, 0.6) is 0 Å². The monoisotopic (exact) mass is 383 g/mol. The predicted octanol–water partition coefficient (Wildman–Crippen LogP) is 2.64. The van der Waals surface area contributed by atoms with Crippen LogP contribution < -0.4 is 5.32 Å². The molecule has 0 aliphatic heterocycles. The number of aromatic nitrogens is 2. The number of benzene rings is 1. The minimum Gasteiger partial charge on any atom is -0.460 e. The van der Waals surface area contributed by atoms with Crippen LogP contribution in [0.4, 0.5) is 5.69 Å². The number of non-ortho nitro benzene ring substituents is 1. The van der Waals surface area contributed by atoms with Crippen molar-refractivity contribution in [3.05, 3.63) is 64.0 Å². The lowest BCUT2D eigenvalue weighted by atomic mass is 10.2. The molecule has 0 spiro atoms. The molecule has 1 N–H and O–H groups in total. The van der Waals surface area contributed by atoms with Crippen LogP contribution in [-0.2, 0) is 0 Å². The van der Waals surface area contributed by atoms with Crippen LogP contribution in [0.25, 0.3) is 17.1 Å². The van der Waals surface area contributed by atoms with E-state index in [0.29, 0.717) is 30.2 Å². The Hall–Kier alpha value is -3.46. The summed E-state index contributed by atoms with van der Waals surface area (Å²) < 4.78 is 7.00. The van der Waals surface area contributed by atoms with Crippen LogP contribution in [0.1, 0.15) is 16.2 Å². The van der Waals surface area contributed by atoms with E-state index in [2.05, 4.69) is 10.4 Å². The van der Waals surface area contributed by atoms with Crippen molar-refractivity contribution in [2.75, 3.05) is 27.2 Å². The molecule has 2 heterocycles. The number of carbonyl (C=O) groups is 1. The van der Waals surface area contributed by atoms with E-state index in [9.17, 15) is 14.9 Å². The fourth-order valence-corrected chi connectivity index (χ4v) is 2.65. The van der Waals surface area contributed by atoms with Gasteiger partial charge in [-0.25, -0.2) is 4.68 Å². The van der Waals surface area contributed by atoms with Crippen LogP contribution in [0, 0.1) is 17.0 Å². The normalized spacial score (nSPS) is 11.0. The zero-order valence-electron chi connectivity index (χ0n) is 15.9. The van der Waals surface area contributed by atoms with E-state index in [1.165, 1.54) is 16.8 Å². The third-order valence-electron chi connectivity index (χ3n) is 4.06. The number of aryl methyl sites for hydroxylation is 1. The number of furan rings is 1. The minimum atomic E-state index is -0.485. The molecule has 0 saturated carbocycles. The molecule has 0 saturated heterocycles. The number of nitrogens with one attached hydrogen (secondary N) is 1. The fourth-order valence-electron chi connectivity index (χ4n) is 2.65. The average Bonchev–Trinajstić information content (AvgIpc) is 3.28. The number of nitro groups is 1. The fraction of sp³-hybridized carbons (Fsp3) is 0.263. The number of rotatable bonds is 7. The molecule has 28 heavy (non-hydrogen) atoms. The van der Waals surface area contributed by atoms with Gasteiger partial charge in [-0.1, -0.05) is 6.07 Å². The van der Waals surface area contributed by atoms with Crippen LogP contribution >= 0.6 is 0 Å². The molecule has 9 nitrogen and oxygen atoms in total. The third-order valence-corrected chi connectivity index (χ3v) is 4.06. The van der Waals surface area contributed by atoms with Crippen molar-refractivity contribution in [3.63, 3.8) is 0 Å². The molecule has 3 aromatic rings. The van der Waals surface area contributed by atoms with Gasteiger partial charge in [-0.15, -0.1) is 0 Å². The van der Waals surface area contributed by atoms with Crippen molar-refractivity contribution in [1.29, 1.82) is 0 Å². The van der Waals surface area contributed by atoms with Gasteiger partial charge in [0.25, 0.3) is 11.6 Å². The van der Waals surface area contributed by atoms with Gasteiger partial charge in [0.15, 0.2) is 5.76 Å². The lowest BCUT2D eigenvalue weighted by Gasteiger charge is -2.11. The molecule has 2 aromatic heterocycles. The van der Waals surface area contributed by atoms with Crippen LogP contribution in [-0.4, -0.2) is 52.7 Å². The van der Waals surface area contributed by atoms with E-state index in [1.54, 1.807) is 30.3 Å².